The van der Waals surface area contributed by atoms with Gasteiger partial charge in [-0.25, -0.2) is 0 Å². The Morgan fingerprint density at radius 3 is 2.30 bits per heavy atom. The van der Waals surface area contributed by atoms with Gasteiger partial charge in [-0.1, -0.05) is 26.0 Å². The highest BCUT2D eigenvalue weighted by atomic mass is 127. The Morgan fingerprint density at radius 1 is 1.30 bits per heavy atom. The maximum Gasteiger partial charge on any atom is 0.146 e. The zero-order valence-corrected chi connectivity index (χ0v) is 18.4. The van der Waals surface area contributed by atoms with Crippen LogP contribution in [0.1, 0.15) is 27.2 Å². The van der Waals surface area contributed by atoms with Crippen LogP contribution in [0.5, 0.6) is 5.75 Å². The van der Waals surface area contributed by atoms with E-state index in [1.165, 1.54) is 5.57 Å². The lowest BCUT2D eigenvalue weighted by atomic mass is 10.0. The van der Waals surface area contributed by atoms with E-state index < -0.39 is 0 Å². The molecule has 0 amide bonds. The number of hydrogen-bond acceptors (Lipinski definition) is 3. The molecule has 2 rings (SSSR count). The van der Waals surface area contributed by atoms with Gasteiger partial charge in [-0.05, 0) is 76.1 Å². The summed E-state index contributed by atoms with van der Waals surface area (Å²) in [4.78, 5) is 2.57. The number of nitrogens with zero attached hydrogens (tertiary/aromatic N) is 1. The molecule has 1 aromatic carbocycles. The van der Waals surface area contributed by atoms with Gasteiger partial charge in [0.1, 0.15) is 5.75 Å². The second-order valence-electron chi connectivity index (χ2n) is 6.72. The minimum atomic E-state index is 0.409. The molecule has 3 nitrogen and oxygen atoms in total. The molecule has 3 unspecified atom stereocenters. The fraction of sp³-hybridized carbons (Fsp3) is 0.556. The molecule has 1 aliphatic rings. The third kappa shape index (κ3) is 4.98. The number of halogens is 2. The average Bonchev–Trinajstić information content (AvgIpc) is 2.76. The lowest BCUT2D eigenvalue weighted by Gasteiger charge is -2.28. The summed E-state index contributed by atoms with van der Waals surface area (Å²) in [5, 5.41) is 0. The minimum Gasteiger partial charge on any atom is -0.491 e. The Balaban J connectivity index is 1.97. The highest BCUT2D eigenvalue weighted by Crippen LogP contribution is 2.31. The minimum absolute atomic E-state index is 0.409. The highest BCUT2D eigenvalue weighted by Gasteiger charge is 2.31. The van der Waals surface area contributed by atoms with Gasteiger partial charge < -0.3 is 10.5 Å². The summed E-state index contributed by atoms with van der Waals surface area (Å²) in [7, 11) is 0. The molecule has 2 N–H and O–H groups in total. The van der Waals surface area contributed by atoms with Crippen molar-refractivity contribution in [3.8, 4) is 5.75 Å². The summed E-state index contributed by atoms with van der Waals surface area (Å²) >= 11 is 4.58. The predicted molar refractivity (Wildman–Crippen MR) is 115 cm³/mol. The first kappa shape index (κ1) is 19.3. The molecule has 23 heavy (non-hydrogen) atoms. The number of likely N-dealkylation sites (tertiary alicyclic amines) is 1. The van der Waals surface area contributed by atoms with Crippen molar-refractivity contribution in [2.45, 2.75) is 33.2 Å². The number of nitrogens with two attached hydrogens (primary N) is 1. The van der Waals surface area contributed by atoms with Crippen LogP contribution in [-0.4, -0.2) is 30.6 Å². The van der Waals surface area contributed by atoms with E-state index >= 15 is 0 Å². The lowest BCUT2D eigenvalue weighted by molar-refractivity contribution is 0.208. The first-order valence-electron chi connectivity index (χ1n) is 8.06. The van der Waals surface area contributed by atoms with Crippen molar-refractivity contribution in [3.63, 3.8) is 0 Å². The number of ether oxygens (including phenoxy) is 1. The van der Waals surface area contributed by atoms with E-state index in [-0.39, 0.29) is 0 Å². The quantitative estimate of drug-likeness (QED) is 0.321. The molecule has 0 saturated carbocycles. The molecule has 128 valence electrons. The molecule has 1 aliphatic heterocycles. The molecular formula is C18H26I2N2O. The highest BCUT2D eigenvalue weighted by molar-refractivity contribution is 14.1. The molecule has 1 aromatic rings. The number of benzene rings is 1. The van der Waals surface area contributed by atoms with Crippen LogP contribution in [0.2, 0.25) is 0 Å². The molecular weight excluding hydrogens is 514 g/mol. The second-order valence-corrected chi connectivity index (χ2v) is 9.05. The summed E-state index contributed by atoms with van der Waals surface area (Å²) in [5.74, 6) is 2.47. The topological polar surface area (TPSA) is 38.5 Å². The van der Waals surface area contributed by atoms with Crippen LogP contribution < -0.4 is 10.5 Å². The van der Waals surface area contributed by atoms with Crippen molar-refractivity contribution in [2.24, 2.45) is 11.8 Å². The van der Waals surface area contributed by atoms with Crippen molar-refractivity contribution >= 4 is 50.9 Å². The number of hydrogen-bond donors (Lipinski definition) is 1. The van der Waals surface area contributed by atoms with Crippen LogP contribution in [0.4, 0.5) is 5.69 Å². The third-order valence-electron chi connectivity index (χ3n) is 4.68. The third-order valence-corrected chi connectivity index (χ3v) is 6.29. The van der Waals surface area contributed by atoms with E-state index in [0.29, 0.717) is 12.6 Å². The first-order chi connectivity index (χ1) is 10.8. The van der Waals surface area contributed by atoms with Crippen LogP contribution >= 0.6 is 45.2 Å². The summed E-state index contributed by atoms with van der Waals surface area (Å²) < 4.78 is 8.22. The Morgan fingerprint density at radius 2 is 1.83 bits per heavy atom. The van der Waals surface area contributed by atoms with Gasteiger partial charge in [-0.15, -0.1) is 0 Å². The molecule has 0 spiro atoms. The summed E-state index contributed by atoms with van der Waals surface area (Å²) in [5.41, 5.74) is 7.89. The molecule has 3 atom stereocenters. The van der Waals surface area contributed by atoms with Gasteiger partial charge >= 0.3 is 0 Å². The first-order valence-corrected chi connectivity index (χ1v) is 10.2. The van der Waals surface area contributed by atoms with Gasteiger partial charge in [0, 0.05) is 31.2 Å². The van der Waals surface area contributed by atoms with E-state index in [4.69, 9.17) is 10.5 Å². The van der Waals surface area contributed by atoms with Crippen LogP contribution in [0.3, 0.4) is 0 Å². The lowest BCUT2D eigenvalue weighted by Crippen LogP contribution is -2.35. The zero-order valence-electron chi connectivity index (χ0n) is 14.1. The van der Waals surface area contributed by atoms with Gasteiger partial charge in [0.05, 0.1) is 13.7 Å². The van der Waals surface area contributed by atoms with E-state index in [1.807, 2.05) is 12.1 Å². The Hall–Kier alpha value is -0.0200. The van der Waals surface area contributed by atoms with E-state index in [9.17, 15) is 0 Å². The maximum atomic E-state index is 6.08. The molecule has 1 saturated heterocycles. The maximum absolute atomic E-state index is 6.08. The fourth-order valence-corrected chi connectivity index (χ4v) is 5.29. The number of nitrogen functional groups attached to an aromatic ring is 1. The Kier molecular flexibility index (Phi) is 7.03. The van der Waals surface area contributed by atoms with Crippen molar-refractivity contribution in [1.82, 2.24) is 4.90 Å². The molecule has 5 heteroatoms. The summed E-state index contributed by atoms with van der Waals surface area (Å²) in [6, 6.07) is 4.32. The fourth-order valence-electron chi connectivity index (χ4n) is 3.16. The molecule has 0 radical (unpaired) electrons. The largest absolute Gasteiger partial charge is 0.491 e. The number of rotatable bonds is 6. The summed E-state index contributed by atoms with van der Waals surface area (Å²) in [6.07, 6.45) is 0.977. The SMILES string of the molecule is C=C(C)C(CCOc1c(I)cc(N)cc1I)N1CC(C)C(C)C1. The van der Waals surface area contributed by atoms with Crippen molar-refractivity contribution in [1.29, 1.82) is 0 Å². The van der Waals surface area contributed by atoms with Crippen LogP contribution in [0.15, 0.2) is 24.3 Å². The standard InChI is InChI=1S/C18H26I2N2O/c1-11(2)17(22-9-12(3)13(4)10-22)5-6-23-18-15(19)7-14(21)8-16(18)20/h7-8,12-13,17H,1,5-6,9-10,21H2,2-4H3. The van der Waals surface area contributed by atoms with E-state index in [2.05, 4.69) is 77.4 Å². The van der Waals surface area contributed by atoms with Crippen molar-refractivity contribution in [3.05, 3.63) is 31.4 Å². The van der Waals surface area contributed by atoms with Gasteiger partial charge in [-0.3, -0.25) is 4.90 Å². The van der Waals surface area contributed by atoms with Gasteiger partial charge in [0.25, 0.3) is 0 Å². The van der Waals surface area contributed by atoms with Gasteiger partial charge in [-0.2, -0.15) is 0 Å². The zero-order chi connectivity index (χ0) is 17.1. The molecule has 0 aromatic heterocycles. The van der Waals surface area contributed by atoms with Crippen LogP contribution in [0, 0.1) is 19.0 Å². The Bertz CT molecular complexity index is 543. The number of anilines is 1. The van der Waals surface area contributed by atoms with Gasteiger partial charge in [0.2, 0.25) is 0 Å². The normalized spacial score (nSPS) is 23.0. The molecule has 0 bridgehead atoms. The van der Waals surface area contributed by atoms with Crippen molar-refractivity contribution < 1.29 is 4.74 Å². The predicted octanol–water partition coefficient (Wildman–Crippen LogP) is 4.78. The molecule has 1 fully saturated rings. The smallest absolute Gasteiger partial charge is 0.146 e. The molecule has 0 aliphatic carbocycles. The van der Waals surface area contributed by atoms with Crippen molar-refractivity contribution in [2.75, 3.05) is 25.4 Å². The second kappa shape index (κ2) is 8.38. The van der Waals surface area contributed by atoms with E-state index in [0.717, 1.165) is 49.9 Å². The van der Waals surface area contributed by atoms with Crippen LogP contribution in [0.25, 0.3) is 0 Å². The summed E-state index contributed by atoms with van der Waals surface area (Å²) in [6.45, 7) is 14.1. The Labute approximate surface area is 167 Å². The monoisotopic (exact) mass is 540 g/mol. The van der Waals surface area contributed by atoms with Crippen LogP contribution in [-0.2, 0) is 0 Å². The van der Waals surface area contributed by atoms with E-state index in [1.54, 1.807) is 0 Å². The van der Waals surface area contributed by atoms with Gasteiger partial charge in [0.15, 0.2) is 0 Å². The average molecular weight is 540 g/mol. The molecule has 1 heterocycles.